The summed E-state index contributed by atoms with van der Waals surface area (Å²) >= 11 is 0. The van der Waals surface area contributed by atoms with Gasteiger partial charge in [-0.05, 0) is 42.4 Å². The fraction of sp³-hybridized carbons (Fsp3) is 0.500. The molecule has 1 aliphatic rings. The Labute approximate surface area is 171 Å². The van der Waals surface area contributed by atoms with E-state index < -0.39 is 4.92 Å². The van der Waals surface area contributed by atoms with E-state index >= 15 is 0 Å². The molecule has 1 saturated carbocycles. The van der Waals surface area contributed by atoms with Crippen molar-refractivity contribution in [3.63, 3.8) is 0 Å². The predicted octanol–water partition coefficient (Wildman–Crippen LogP) is 4.58. The van der Waals surface area contributed by atoms with Crippen LogP contribution >= 0.6 is 0 Å². The standard InChI is InChI=1S/C22H29N3O4/c1-22(2,3)17-8-10-19(11-9-17)29-15-16-6-4-5-7-20(16)23-21-14-18(25(27)28)12-13-24(21)26/h8-14,16,20,23H,4-7,15H2,1-3H3/t16-,20+/m0/s1. The Hall–Kier alpha value is -2.83. The molecule has 0 spiro atoms. The van der Waals surface area contributed by atoms with Gasteiger partial charge in [-0.3, -0.25) is 15.4 Å². The zero-order chi connectivity index (χ0) is 21.0. The summed E-state index contributed by atoms with van der Waals surface area (Å²) in [7, 11) is 0. The van der Waals surface area contributed by atoms with E-state index in [0.29, 0.717) is 11.3 Å². The summed E-state index contributed by atoms with van der Waals surface area (Å²) in [5, 5.41) is 26.3. The third-order valence-corrected chi connectivity index (χ3v) is 5.54. The summed E-state index contributed by atoms with van der Waals surface area (Å²) in [6.45, 7) is 7.08. The Kier molecular flexibility index (Phi) is 6.25. The molecule has 29 heavy (non-hydrogen) atoms. The van der Waals surface area contributed by atoms with E-state index in [1.807, 2.05) is 12.1 Å². The molecule has 0 aliphatic heterocycles. The summed E-state index contributed by atoms with van der Waals surface area (Å²) < 4.78 is 6.68. The van der Waals surface area contributed by atoms with Crippen LogP contribution in [0.1, 0.15) is 52.0 Å². The van der Waals surface area contributed by atoms with Gasteiger partial charge >= 0.3 is 0 Å². The molecule has 0 amide bonds. The third-order valence-electron chi connectivity index (χ3n) is 5.54. The van der Waals surface area contributed by atoms with Crippen molar-refractivity contribution in [1.29, 1.82) is 0 Å². The van der Waals surface area contributed by atoms with Crippen molar-refractivity contribution in [2.45, 2.75) is 57.9 Å². The SMILES string of the molecule is CC(C)(C)c1ccc(OC[C@@H]2CCCC[C@H]2Nc2cc([N+](=O)[O-])cc[n+]2[O-])cc1. The molecule has 1 aromatic heterocycles. The van der Waals surface area contributed by atoms with Gasteiger partial charge in [-0.1, -0.05) is 39.3 Å². The lowest BCUT2D eigenvalue weighted by Gasteiger charge is -2.29. The number of pyridine rings is 1. The van der Waals surface area contributed by atoms with Crippen molar-refractivity contribution in [1.82, 2.24) is 0 Å². The highest BCUT2D eigenvalue weighted by Crippen LogP contribution is 2.29. The topological polar surface area (TPSA) is 91.3 Å². The van der Waals surface area contributed by atoms with E-state index in [2.05, 4.69) is 38.2 Å². The van der Waals surface area contributed by atoms with Gasteiger partial charge in [0.2, 0.25) is 0 Å². The maximum atomic E-state index is 12.1. The van der Waals surface area contributed by atoms with E-state index in [-0.39, 0.29) is 28.9 Å². The first kappa shape index (κ1) is 20.9. The monoisotopic (exact) mass is 399 g/mol. The molecule has 7 nitrogen and oxygen atoms in total. The lowest BCUT2D eigenvalue weighted by molar-refractivity contribution is -0.591. The van der Waals surface area contributed by atoms with Gasteiger partial charge in [0.25, 0.3) is 11.5 Å². The molecule has 7 heteroatoms. The number of benzene rings is 1. The fourth-order valence-corrected chi connectivity index (χ4v) is 3.74. The molecule has 2 aromatic rings. The van der Waals surface area contributed by atoms with Crippen LogP contribution in [0.3, 0.4) is 0 Å². The van der Waals surface area contributed by atoms with Gasteiger partial charge in [-0.25, -0.2) is 4.73 Å². The molecule has 1 heterocycles. The number of aromatic nitrogens is 1. The van der Waals surface area contributed by atoms with Crippen molar-refractivity contribution in [3.05, 3.63) is 63.5 Å². The summed E-state index contributed by atoms with van der Waals surface area (Å²) in [5.74, 6) is 1.27. The number of nitrogens with one attached hydrogen (secondary N) is 1. The molecule has 3 rings (SSSR count). The van der Waals surface area contributed by atoms with Crippen LogP contribution in [0.5, 0.6) is 5.75 Å². The van der Waals surface area contributed by atoms with Crippen molar-refractivity contribution >= 4 is 11.5 Å². The van der Waals surface area contributed by atoms with E-state index in [4.69, 9.17) is 4.74 Å². The predicted molar refractivity (Wildman–Crippen MR) is 112 cm³/mol. The van der Waals surface area contributed by atoms with Gasteiger partial charge in [-0.2, -0.15) is 0 Å². The van der Waals surface area contributed by atoms with E-state index in [1.54, 1.807) is 0 Å². The largest absolute Gasteiger partial charge is 0.711 e. The minimum absolute atomic E-state index is 0.0415. The molecule has 1 fully saturated rings. The maximum Gasteiger partial charge on any atom is 0.284 e. The summed E-state index contributed by atoms with van der Waals surface area (Å²) in [4.78, 5) is 10.5. The minimum atomic E-state index is -0.492. The first-order valence-electron chi connectivity index (χ1n) is 10.1. The number of hydrogen-bond acceptors (Lipinski definition) is 5. The smallest absolute Gasteiger partial charge is 0.284 e. The van der Waals surface area contributed by atoms with E-state index in [1.165, 1.54) is 23.9 Å². The number of nitrogens with zero attached hydrogens (tertiary/aromatic N) is 2. The zero-order valence-electron chi connectivity index (χ0n) is 17.3. The lowest BCUT2D eigenvalue weighted by Crippen LogP contribution is -2.40. The van der Waals surface area contributed by atoms with Crippen LogP contribution in [0.25, 0.3) is 0 Å². The van der Waals surface area contributed by atoms with E-state index in [0.717, 1.165) is 31.4 Å². The Balaban J connectivity index is 1.66. The molecule has 0 radical (unpaired) electrons. The first-order valence-corrected chi connectivity index (χ1v) is 10.1. The third kappa shape index (κ3) is 5.37. The summed E-state index contributed by atoms with van der Waals surface area (Å²) in [6, 6.07) is 10.7. The van der Waals surface area contributed by atoms with Crippen LogP contribution in [0.15, 0.2) is 42.6 Å². The van der Waals surface area contributed by atoms with Crippen molar-refractivity contribution < 1.29 is 14.4 Å². The molecule has 2 atom stereocenters. The second-order valence-electron chi connectivity index (χ2n) is 8.73. The molecule has 1 aromatic carbocycles. The first-order chi connectivity index (χ1) is 13.7. The van der Waals surface area contributed by atoms with Crippen molar-refractivity contribution in [2.75, 3.05) is 11.9 Å². The number of rotatable bonds is 6. The Bertz CT molecular complexity index is 846. The summed E-state index contributed by atoms with van der Waals surface area (Å²) in [5.41, 5.74) is 1.26. The number of nitro groups is 1. The number of ether oxygens (including phenoxy) is 1. The highest BCUT2D eigenvalue weighted by Gasteiger charge is 2.30. The number of hydrogen-bond donors (Lipinski definition) is 1. The Morgan fingerprint density at radius 1 is 1.17 bits per heavy atom. The molecular formula is C22H29N3O4. The van der Waals surface area contributed by atoms with Crippen LogP contribution in [0.4, 0.5) is 11.5 Å². The Morgan fingerprint density at radius 2 is 1.86 bits per heavy atom. The number of anilines is 1. The Morgan fingerprint density at radius 3 is 2.52 bits per heavy atom. The van der Waals surface area contributed by atoms with Gasteiger partial charge in [0.05, 0.1) is 23.6 Å². The van der Waals surface area contributed by atoms with Crippen molar-refractivity contribution in [3.8, 4) is 5.75 Å². The minimum Gasteiger partial charge on any atom is -0.711 e. The second kappa shape index (κ2) is 8.68. The van der Waals surface area contributed by atoms with E-state index in [9.17, 15) is 15.3 Å². The van der Waals surface area contributed by atoms with Crippen LogP contribution in [-0.4, -0.2) is 17.6 Å². The molecule has 0 unspecified atom stereocenters. The second-order valence-corrected chi connectivity index (χ2v) is 8.73. The normalized spacial score (nSPS) is 19.6. The molecule has 1 aliphatic carbocycles. The van der Waals surface area contributed by atoms with Gasteiger partial charge in [0.15, 0.2) is 0 Å². The van der Waals surface area contributed by atoms with Gasteiger partial charge in [0, 0.05) is 5.92 Å². The van der Waals surface area contributed by atoms with Crippen LogP contribution in [-0.2, 0) is 5.41 Å². The average molecular weight is 399 g/mol. The molecule has 1 N–H and O–H groups in total. The fourth-order valence-electron chi connectivity index (χ4n) is 3.74. The zero-order valence-corrected chi connectivity index (χ0v) is 17.3. The average Bonchev–Trinajstić information content (AvgIpc) is 2.68. The quantitative estimate of drug-likeness (QED) is 0.332. The van der Waals surface area contributed by atoms with Crippen LogP contribution in [0.2, 0.25) is 0 Å². The molecule has 0 bridgehead atoms. The van der Waals surface area contributed by atoms with Gasteiger partial charge < -0.3 is 9.94 Å². The maximum absolute atomic E-state index is 12.1. The van der Waals surface area contributed by atoms with Crippen LogP contribution in [0, 0.1) is 21.2 Å². The molecular weight excluding hydrogens is 370 g/mol. The van der Waals surface area contributed by atoms with Crippen LogP contribution < -0.4 is 14.8 Å². The van der Waals surface area contributed by atoms with Gasteiger partial charge in [-0.15, -0.1) is 0 Å². The summed E-state index contributed by atoms with van der Waals surface area (Å²) in [6.07, 6.45) is 5.24. The highest BCUT2D eigenvalue weighted by atomic mass is 16.6. The molecule has 156 valence electrons. The highest BCUT2D eigenvalue weighted by molar-refractivity contribution is 5.41. The lowest BCUT2D eigenvalue weighted by atomic mass is 9.85. The van der Waals surface area contributed by atoms with Crippen molar-refractivity contribution in [2.24, 2.45) is 5.92 Å². The molecule has 0 saturated heterocycles. The van der Waals surface area contributed by atoms with Gasteiger partial charge in [0.1, 0.15) is 18.0 Å².